The highest BCUT2D eigenvalue weighted by Crippen LogP contribution is 2.20. The third kappa shape index (κ3) is 6.40. The van der Waals surface area contributed by atoms with Crippen molar-refractivity contribution < 1.29 is 9.53 Å². The summed E-state index contributed by atoms with van der Waals surface area (Å²) in [7, 11) is 0. The summed E-state index contributed by atoms with van der Waals surface area (Å²) in [6.45, 7) is 2.35. The normalized spacial score (nSPS) is 13.1. The number of aromatic nitrogens is 1. The van der Waals surface area contributed by atoms with Crippen LogP contribution >= 0.6 is 11.8 Å². The minimum absolute atomic E-state index is 0.124. The Labute approximate surface area is 153 Å². The quantitative estimate of drug-likeness (QED) is 0.720. The first-order chi connectivity index (χ1) is 12.1. The predicted octanol–water partition coefficient (Wildman–Crippen LogP) is 2.92. The van der Waals surface area contributed by atoms with Gasteiger partial charge in [-0.3, -0.25) is 9.78 Å². The van der Waals surface area contributed by atoms with Crippen LogP contribution in [0.5, 0.6) is 5.75 Å². The summed E-state index contributed by atoms with van der Waals surface area (Å²) in [5.41, 5.74) is 7.76. The first-order valence-corrected chi connectivity index (χ1v) is 9.67. The number of pyridine rings is 1. The summed E-state index contributed by atoms with van der Waals surface area (Å²) in [4.78, 5) is 16.4. The zero-order chi connectivity index (χ0) is 18.1. The Morgan fingerprint density at radius 1 is 1.32 bits per heavy atom. The van der Waals surface area contributed by atoms with Gasteiger partial charge in [-0.15, -0.1) is 0 Å². The van der Waals surface area contributed by atoms with Crippen LogP contribution in [0.3, 0.4) is 0 Å². The first-order valence-electron chi connectivity index (χ1n) is 8.27. The Bertz CT molecular complexity index is 667. The Morgan fingerprint density at radius 3 is 2.88 bits per heavy atom. The Morgan fingerprint density at radius 2 is 2.16 bits per heavy atom. The number of thioether (sulfide) groups is 1. The van der Waals surface area contributed by atoms with Gasteiger partial charge in [0.1, 0.15) is 12.4 Å². The summed E-state index contributed by atoms with van der Waals surface area (Å²) >= 11 is 1.69. The van der Waals surface area contributed by atoms with Crippen molar-refractivity contribution in [3.8, 4) is 5.75 Å². The number of ether oxygens (including phenoxy) is 1. The second-order valence-electron chi connectivity index (χ2n) is 5.80. The SMILES string of the molecule is CSCC[C@H](N)C(=O)NC(C)c1cccc(OCc2ccccn2)c1. The fourth-order valence-electron chi connectivity index (χ4n) is 2.29. The molecule has 1 aromatic heterocycles. The van der Waals surface area contributed by atoms with Crippen molar-refractivity contribution in [2.45, 2.75) is 32.0 Å². The topological polar surface area (TPSA) is 77.2 Å². The van der Waals surface area contributed by atoms with Crippen molar-refractivity contribution in [2.24, 2.45) is 5.73 Å². The Kier molecular flexibility index (Phi) is 7.76. The van der Waals surface area contributed by atoms with Crippen LogP contribution in [0.15, 0.2) is 48.7 Å². The van der Waals surface area contributed by atoms with Crippen LogP contribution in [0.25, 0.3) is 0 Å². The smallest absolute Gasteiger partial charge is 0.237 e. The van der Waals surface area contributed by atoms with Gasteiger partial charge in [0, 0.05) is 6.20 Å². The van der Waals surface area contributed by atoms with E-state index in [2.05, 4.69) is 10.3 Å². The predicted molar refractivity (Wildman–Crippen MR) is 103 cm³/mol. The van der Waals surface area contributed by atoms with Crippen molar-refractivity contribution in [2.75, 3.05) is 12.0 Å². The van der Waals surface area contributed by atoms with Crippen LogP contribution in [0.2, 0.25) is 0 Å². The van der Waals surface area contributed by atoms with Crippen LogP contribution in [0.1, 0.15) is 30.6 Å². The van der Waals surface area contributed by atoms with Crippen molar-refractivity contribution in [1.82, 2.24) is 10.3 Å². The number of nitrogens with two attached hydrogens (primary N) is 1. The van der Waals surface area contributed by atoms with E-state index in [1.54, 1.807) is 18.0 Å². The first kappa shape index (κ1) is 19.3. The van der Waals surface area contributed by atoms with Crippen molar-refractivity contribution in [3.63, 3.8) is 0 Å². The molecule has 0 spiro atoms. The number of nitrogens with zero attached hydrogens (tertiary/aromatic N) is 1. The standard InChI is InChI=1S/C19H25N3O2S/c1-14(22-19(23)18(20)9-11-25-2)15-6-5-8-17(12-15)24-13-16-7-3-4-10-21-16/h3-8,10,12,14,18H,9,11,13,20H2,1-2H3,(H,22,23)/t14?,18-/m0/s1. The van der Waals surface area contributed by atoms with Gasteiger partial charge < -0.3 is 15.8 Å². The Balaban J connectivity index is 1.92. The molecule has 0 aliphatic rings. The molecule has 6 heteroatoms. The van der Waals surface area contributed by atoms with Crippen LogP contribution in [0.4, 0.5) is 0 Å². The molecule has 2 rings (SSSR count). The molecular weight excluding hydrogens is 334 g/mol. The fourth-order valence-corrected chi connectivity index (χ4v) is 2.78. The van der Waals surface area contributed by atoms with Crippen LogP contribution in [-0.2, 0) is 11.4 Å². The largest absolute Gasteiger partial charge is 0.487 e. The Hall–Kier alpha value is -2.05. The molecule has 0 aliphatic heterocycles. The number of hydrogen-bond donors (Lipinski definition) is 2. The summed E-state index contributed by atoms with van der Waals surface area (Å²) < 4.78 is 5.79. The van der Waals surface area contributed by atoms with Crippen molar-refractivity contribution in [1.29, 1.82) is 0 Å². The van der Waals surface area contributed by atoms with Gasteiger partial charge in [-0.2, -0.15) is 11.8 Å². The van der Waals surface area contributed by atoms with E-state index >= 15 is 0 Å². The lowest BCUT2D eigenvalue weighted by molar-refractivity contribution is -0.123. The minimum Gasteiger partial charge on any atom is -0.487 e. The molecule has 2 atom stereocenters. The molecular formula is C19H25N3O2S. The van der Waals surface area contributed by atoms with Gasteiger partial charge in [0.25, 0.3) is 0 Å². The maximum atomic E-state index is 12.1. The molecule has 0 aliphatic carbocycles. The third-order valence-electron chi connectivity index (χ3n) is 3.80. The molecule has 5 nitrogen and oxygen atoms in total. The van der Waals surface area contributed by atoms with Gasteiger partial charge in [0.15, 0.2) is 0 Å². The van der Waals surface area contributed by atoms with E-state index in [-0.39, 0.29) is 11.9 Å². The molecule has 0 radical (unpaired) electrons. The monoisotopic (exact) mass is 359 g/mol. The summed E-state index contributed by atoms with van der Waals surface area (Å²) in [5, 5.41) is 2.96. The molecule has 25 heavy (non-hydrogen) atoms. The second kappa shape index (κ2) is 10.1. The number of carbonyl (C=O) groups is 1. The highest BCUT2D eigenvalue weighted by atomic mass is 32.2. The highest BCUT2D eigenvalue weighted by molar-refractivity contribution is 7.98. The van der Waals surface area contributed by atoms with Gasteiger partial charge in [-0.05, 0) is 55.2 Å². The number of rotatable bonds is 9. The second-order valence-corrected chi connectivity index (χ2v) is 6.79. The summed E-state index contributed by atoms with van der Waals surface area (Å²) in [6, 6.07) is 12.8. The van der Waals surface area contributed by atoms with Gasteiger partial charge in [-0.1, -0.05) is 18.2 Å². The molecule has 134 valence electrons. The maximum absolute atomic E-state index is 12.1. The average molecular weight is 359 g/mol. The fraction of sp³-hybridized carbons (Fsp3) is 0.368. The number of carbonyl (C=O) groups excluding carboxylic acids is 1. The molecule has 1 heterocycles. The maximum Gasteiger partial charge on any atom is 0.237 e. The van der Waals surface area contributed by atoms with Gasteiger partial charge >= 0.3 is 0 Å². The number of benzene rings is 1. The zero-order valence-electron chi connectivity index (χ0n) is 14.6. The molecule has 2 aromatic rings. The molecule has 0 saturated heterocycles. The summed E-state index contributed by atoms with van der Waals surface area (Å²) in [5.74, 6) is 1.50. The molecule has 1 unspecified atom stereocenters. The molecule has 1 amide bonds. The van der Waals surface area contributed by atoms with Crippen molar-refractivity contribution in [3.05, 3.63) is 59.9 Å². The molecule has 0 saturated carbocycles. The van der Waals surface area contributed by atoms with E-state index in [4.69, 9.17) is 10.5 Å². The molecule has 0 fully saturated rings. The van der Waals surface area contributed by atoms with E-state index in [0.29, 0.717) is 13.0 Å². The van der Waals surface area contributed by atoms with E-state index in [0.717, 1.165) is 22.8 Å². The zero-order valence-corrected chi connectivity index (χ0v) is 15.5. The number of amides is 1. The van der Waals surface area contributed by atoms with Crippen molar-refractivity contribution >= 4 is 17.7 Å². The molecule has 3 N–H and O–H groups in total. The molecule has 0 bridgehead atoms. The third-order valence-corrected chi connectivity index (χ3v) is 4.44. The van der Waals surface area contributed by atoms with E-state index in [9.17, 15) is 4.79 Å². The van der Waals surface area contributed by atoms with Crippen LogP contribution in [-0.4, -0.2) is 28.9 Å². The number of hydrogen-bond acceptors (Lipinski definition) is 5. The molecule has 1 aromatic carbocycles. The van der Waals surface area contributed by atoms with Gasteiger partial charge in [-0.25, -0.2) is 0 Å². The minimum atomic E-state index is -0.474. The highest BCUT2D eigenvalue weighted by Gasteiger charge is 2.16. The van der Waals surface area contributed by atoms with E-state index in [1.807, 2.05) is 55.6 Å². The van der Waals surface area contributed by atoms with Gasteiger partial charge in [0.2, 0.25) is 5.91 Å². The average Bonchev–Trinajstić information content (AvgIpc) is 2.65. The lowest BCUT2D eigenvalue weighted by Crippen LogP contribution is -2.41. The van der Waals surface area contributed by atoms with E-state index < -0.39 is 6.04 Å². The van der Waals surface area contributed by atoms with Crippen LogP contribution in [0, 0.1) is 0 Å². The van der Waals surface area contributed by atoms with Gasteiger partial charge in [0.05, 0.1) is 17.8 Å². The lowest BCUT2D eigenvalue weighted by atomic mass is 10.1. The van der Waals surface area contributed by atoms with Crippen LogP contribution < -0.4 is 15.8 Å². The number of nitrogens with one attached hydrogen (secondary N) is 1. The lowest BCUT2D eigenvalue weighted by Gasteiger charge is -2.18. The summed E-state index contributed by atoms with van der Waals surface area (Å²) in [6.07, 6.45) is 4.42. The van der Waals surface area contributed by atoms with E-state index in [1.165, 1.54) is 0 Å².